The Hall–Kier alpha value is -4.86. The number of aromatic hydroxyl groups is 2. The number of phenols is 2. The number of carbonyl (C=O) groups excluding carboxylic acids is 4. The summed E-state index contributed by atoms with van der Waals surface area (Å²) in [5.41, 5.74) is -0.641. The van der Waals surface area contributed by atoms with Crippen molar-refractivity contribution in [1.82, 2.24) is 20.4 Å². The maximum atomic E-state index is 14.0. The van der Waals surface area contributed by atoms with Crippen molar-refractivity contribution in [3.63, 3.8) is 0 Å². The van der Waals surface area contributed by atoms with E-state index in [2.05, 4.69) is 10.6 Å². The van der Waals surface area contributed by atoms with Crippen molar-refractivity contribution in [3.05, 3.63) is 52.8 Å². The van der Waals surface area contributed by atoms with Gasteiger partial charge in [0.05, 0.1) is 5.94 Å². The van der Waals surface area contributed by atoms with Gasteiger partial charge < -0.3 is 40.5 Å². The Labute approximate surface area is 226 Å². The van der Waals surface area contributed by atoms with E-state index in [0.29, 0.717) is 4.90 Å². The lowest BCUT2D eigenvalue weighted by Crippen LogP contribution is -2.60. The monoisotopic (exact) mass is 558 g/mol. The molecular formula is C24H24BFN4O10. The van der Waals surface area contributed by atoms with Crippen LogP contribution in [-0.4, -0.2) is 92.6 Å². The summed E-state index contributed by atoms with van der Waals surface area (Å²) in [5.74, 6) is -8.39. The molecule has 0 aliphatic carbocycles. The average Bonchev–Trinajstić information content (AvgIpc) is 2.90. The SMILES string of the molecule is CCN1CCN(C(=O)N[C@H](C(=O)N[C@H]2Cc3ccc(F)c(C(=O)O)c3OB2O)c2ccc(O)c(O)c2)C(=O)C1=O. The van der Waals surface area contributed by atoms with Crippen LogP contribution in [-0.2, 0) is 20.8 Å². The van der Waals surface area contributed by atoms with Crippen molar-refractivity contribution in [2.75, 3.05) is 19.6 Å². The van der Waals surface area contributed by atoms with Gasteiger partial charge in [-0.1, -0.05) is 12.1 Å². The van der Waals surface area contributed by atoms with E-state index in [4.69, 9.17) is 4.65 Å². The van der Waals surface area contributed by atoms with Crippen LogP contribution in [0.25, 0.3) is 0 Å². The van der Waals surface area contributed by atoms with Crippen LogP contribution < -0.4 is 15.3 Å². The number of hydrogen-bond acceptors (Lipinski definition) is 9. The van der Waals surface area contributed by atoms with Crippen molar-refractivity contribution in [2.24, 2.45) is 0 Å². The summed E-state index contributed by atoms with van der Waals surface area (Å²) >= 11 is 0. The molecule has 2 aliphatic heterocycles. The summed E-state index contributed by atoms with van der Waals surface area (Å²) in [4.78, 5) is 64.5. The predicted molar refractivity (Wildman–Crippen MR) is 133 cm³/mol. The number of urea groups is 1. The van der Waals surface area contributed by atoms with Gasteiger partial charge in [-0.3, -0.25) is 19.3 Å². The predicted octanol–water partition coefficient (Wildman–Crippen LogP) is -0.484. The lowest BCUT2D eigenvalue weighted by molar-refractivity contribution is -0.153. The zero-order valence-corrected chi connectivity index (χ0v) is 21.0. The van der Waals surface area contributed by atoms with Gasteiger partial charge >= 0.3 is 30.9 Å². The number of carboxylic acid groups (broad SMARTS) is 1. The van der Waals surface area contributed by atoms with Crippen molar-refractivity contribution in [3.8, 4) is 17.2 Å². The smallest absolute Gasteiger partial charge is 0.534 e. The number of rotatable bonds is 6. The molecular weight excluding hydrogens is 534 g/mol. The van der Waals surface area contributed by atoms with Gasteiger partial charge in [0.15, 0.2) is 11.5 Å². The Bertz CT molecular complexity index is 1410. The number of phenolic OH excluding ortho intramolecular Hbond substituents is 2. The highest BCUT2D eigenvalue weighted by Gasteiger charge is 2.41. The van der Waals surface area contributed by atoms with Gasteiger partial charge in [-0.15, -0.1) is 0 Å². The van der Waals surface area contributed by atoms with Gasteiger partial charge in [-0.2, -0.15) is 0 Å². The molecule has 0 aromatic heterocycles. The standard InChI is InChI=1S/C24H24BFN4O10/c1-2-29-7-8-30(22(35)21(29)34)24(38)28-18(11-4-6-14(31)15(32)9-11)20(33)27-16-10-12-3-5-13(26)17(23(36)37)19(12)40-25(16)39/h3-6,9,16,18,31-32,39H,2,7-8,10H2,1H3,(H,27,33)(H,28,38)(H,36,37)/t16-,18-/m0/s1. The van der Waals surface area contributed by atoms with Gasteiger partial charge in [-0.05, 0) is 42.7 Å². The van der Waals surface area contributed by atoms with Crippen LogP contribution in [0.4, 0.5) is 9.18 Å². The highest BCUT2D eigenvalue weighted by Crippen LogP contribution is 2.33. The van der Waals surface area contributed by atoms with E-state index in [-0.39, 0.29) is 37.2 Å². The van der Waals surface area contributed by atoms with E-state index in [9.17, 15) is 48.7 Å². The number of aromatic carboxylic acids is 1. The fourth-order valence-corrected chi connectivity index (χ4v) is 4.42. The number of fused-ring (bicyclic) bond motifs is 1. The lowest BCUT2D eigenvalue weighted by Gasteiger charge is -2.33. The third-order valence-corrected chi connectivity index (χ3v) is 6.55. The van der Waals surface area contributed by atoms with Crippen molar-refractivity contribution < 1.29 is 53.4 Å². The summed E-state index contributed by atoms with van der Waals surface area (Å²) < 4.78 is 19.3. The van der Waals surface area contributed by atoms with E-state index in [0.717, 1.165) is 18.2 Å². The molecule has 2 aliphatic rings. The quantitative estimate of drug-likeness (QED) is 0.153. The summed E-state index contributed by atoms with van der Waals surface area (Å²) in [6.45, 7) is 1.86. The number of carboxylic acids is 1. The molecule has 1 fully saturated rings. The molecule has 14 nitrogen and oxygen atoms in total. The number of nitrogens with one attached hydrogen (secondary N) is 2. The molecule has 1 saturated heterocycles. The van der Waals surface area contributed by atoms with Crippen LogP contribution in [0.3, 0.4) is 0 Å². The lowest BCUT2D eigenvalue weighted by atomic mass is 9.72. The Morgan fingerprint density at radius 1 is 1.12 bits per heavy atom. The number of halogens is 1. The molecule has 2 aromatic rings. The second-order valence-electron chi connectivity index (χ2n) is 9.02. The summed E-state index contributed by atoms with van der Waals surface area (Å²) in [5, 5.41) is 44.2. The number of amides is 5. The molecule has 5 amide bonds. The summed E-state index contributed by atoms with van der Waals surface area (Å²) in [6.07, 6.45) is -0.184. The van der Waals surface area contributed by atoms with E-state index < -0.39 is 77.5 Å². The molecule has 0 radical (unpaired) electrons. The van der Waals surface area contributed by atoms with Gasteiger partial charge in [0.1, 0.15) is 23.2 Å². The Morgan fingerprint density at radius 3 is 2.50 bits per heavy atom. The second-order valence-corrected chi connectivity index (χ2v) is 9.02. The molecule has 16 heteroatoms. The number of benzene rings is 2. The van der Waals surface area contributed by atoms with Gasteiger partial charge in [0.25, 0.3) is 0 Å². The minimum atomic E-state index is -1.82. The molecule has 0 spiro atoms. The normalized spacial score (nSPS) is 17.6. The molecule has 6 N–H and O–H groups in total. The second kappa shape index (κ2) is 11.1. The molecule has 0 unspecified atom stereocenters. The molecule has 40 heavy (non-hydrogen) atoms. The Morgan fingerprint density at radius 2 is 1.85 bits per heavy atom. The summed E-state index contributed by atoms with van der Waals surface area (Å²) in [7, 11) is -1.82. The first-order chi connectivity index (χ1) is 18.9. The van der Waals surface area contributed by atoms with Crippen LogP contribution in [0.1, 0.15) is 34.5 Å². The topological polar surface area (TPSA) is 206 Å². The van der Waals surface area contributed by atoms with E-state index in [1.165, 1.54) is 17.0 Å². The fourth-order valence-electron chi connectivity index (χ4n) is 4.42. The maximum Gasteiger partial charge on any atom is 0.547 e. The first kappa shape index (κ1) is 28.2. The number of likely N-dealkylation sites (N-methyl/N-ethyl adjacent to an activating group) is 1. The van der Waals surface area contributed by atoms with Crippen molar-refractivity contribution in [1.29, 1.82) is 0 Å². The molecule has 210 valence electrons. The van der Waals surface area contributed by atoms with Crippen LogP contribution >= 0.6 is 0 Å². The molecule has 2 heterocycles. The summed E-state index contributed by atoms with van der Waals surface area (Å²) in [6, 6.07) is 2.71. The molecule has 0 bridgehead atoms. The van der Waals surface area contributed by atoms with Crippen LogP contribution in [0.2, 0.25) is 0 Å². The zero-order chi connectivity index (χ0) is 29.3. The number of nitrogens with zero attached hydrogens (tertiary/aromatic N) is 2. The van der Waals surface area contributed by atoms with Crippen LogP contribution in [0.5, 0.6) is 17.2 Å². The Kier molecular flexibility index (Phi) is 7.81. The largest absolute Gasteiger partial charge is 0.547 e. The third-order valence-electron chi connectivity index (χ3n) is 6.55. The zero-order valence-electron chi connectivity index (χ0n) is 21.0. The Balaban J connectivity index is 1.58. The van der Waals surface area contributed by atoms with Crippen molar-refractivity contribution in [2.45, 2.75) is 25.3 Å². The molecule has 2 atom stereocenters. The number of hydrogen-bond donors (Lipinski definition) is 6. The number of imide groups is 1. The highest BCUT2D eigenvalue weighted by molar-refractivity contribution is 6.47. The minimum absolute atomic E-state index is 0.0334. The first-order valence-corrected chi connectivity index (χ1v) is 12.1. The van der Waals surface area contributed by atoms with Crippen LogP contribution in [0.15, 0.2) is 30.3 Å². The first-order valence-electron chi connectivity index (χ1n) is 12.1. The number of piperazine rings is 1. The van der Waals surface area contributed by atoms with Crippen LogP contribution in [0, 0.1) is 5.82 Å². The van der Waals surface area contributed by atoms with E-state index >= 15 is 0 Å². The average molecular weight is 558 g/mol. The highest BCUT2D eigenvalue weighted by atomic mass is 19.1. The third kappa shape index (κ3) is 5.33. The maximum absolute atomic E-state index is 14.0. The van der Waals surface area contributed by atoms with Gasteiger partial charge in [0.2, 0.25) is 5.91 Å². The van der Waals surface area contributed by atoms with E-state index in [1.807, 2.05) is 0 Å². The fraction of sp³-hybridized carbons (Fsp3) is 0.292. The van der Waals surface area contributed by atoms with E-state index in [1.54, 1.807) is 6.92 Å². The number of carbonyl (C=O) groups is 5. The van der Waals surface area contributed by atoms with Gasteiger partial charge in [-0.25, -0.2) is 14.0 Å². The van der Waals surface area contributed by atoms with Gasteiger partial charge in [0, 0.05) is 19.6 Å². The molecule has 2 aromatic carbocycles. The van der Waals surface area contributed by atoms with Crippen molar-refractivity contribution >= 4 is 36.8 Å². The molecule has 4 rings (SSSR count). The minimum Gasteiger partial charge on any atom is -0.534 e. The molecule has 0 saturated carbocycles.